The lowest BCUT2D eigenvalue weighted by atomic mass is 10.3. The second kappa shape index (κ2) is 11.8. The minimum Gasteiger partial charge on any atom is -0.489 e. The lowest BCUT2D eigenvalue weighted by Crippen LogP contribution is -2.39. The molecule has 0 bridgehead atoms. The van der Waals surface area contributed by atoms with Gasteiger partial charge in [0, 0.05) is 18.1 Å². The summed E-state index contributed by atoms with van der Waals surface area (Å²) in [7, 11) is 1.63. The van der Waals surface area contributed by atoms with Gasteiger partial charge in [0.15, 0.2) is 0 Å². The smallest absolute Gasteiger partial charge is 0.234 e. The Morgan fingerprint density at radius 2 is 2.19 bits per heavy atom. The minimum absolute atomic E-state index is 0. The SMILES string of the molecule is COCCNCC(=O)NCC(C)Oc1cccc(Br)c1.Cl. The summed E-state index contributed by atoms with van der Waals surface area (Å²) in [6, 6.07) is 7.62. The molecule has 5 nitrogen and oxygen atoms in total. The number of benzene rings is 1. The van der Waals surface area contributed by atoms with Crippen molar-refractivity contribution in [3.63, 3.8) is 0 Å². The molecule has 0 radical (unpaired) electrons. The Kier molecular flexibility index (Phi) is 11.3. The van der Waals surface area contributed by atoms with Crippen molar-refractivity contribution in [2.45, 2.75) is 13.0 Å². The van der Waals surface area contributed by atoms with Crippen molar-refractivity contribution in [3.8, 4) is 5.75 Å². The number of nitrogens with one attached hydrogen (secondary N) is 2. The summed E-state index contributed by atoms with van der Waals surface area (Å²) < 4.78 is 11.5. The number of carbonyl (C=O) groups is 1. The molecule has 0 aliphatic carbocycles. The number of methoxy groups -OCH3 is 1. The van der Waals surface area contributed by atoms with Crippen molar-refractivity contribution in [1.82, 2.24) is 10.6 Å². The molecule has 0 saturated carbocycles. The van der Waals surface area contributed by atoms with Crippen molar-refractivity contribution >= 4 is 34.2 Å². The molecule has 0 saturated heterocycles. The quantitative estimate of drug-likeness (QED) is 0.642. The summed E-state index contributed by atoms with van der Waals surface area (Å²) >= 11 is 3.39. The molecule has 1 amide bonds. The highest BCUT2D eigenvalue weighted by atomic mass is 79.9. The van der Waals surface area contributed by atoms with E-state index in [1.807, 2.05) is 31.2 Å². The Bertz CT molecular complexity index is 421. The number of carbonyl (C=O) groups excluding carboxylic acids is 1. The predicted molar refractivity (Wildman–Crippen MR) is 89.2 cm³/mol. The molecule has 1 aromatic carbocycles. The van der Waals surface area contributed by atoms with Gasteiger partial charge in [-0.25, -0.2) is 0 Å². The van der Waals surface area contributed by atoms with Crippen molar-refractivity contribution in [2.24, 2.45) is 0 Å². The van der Waals surface area contributed by atoms with Crippen LogP contribution in [-0.4, -0.2) is 45.4 Å². The third-order valence-corrected chi connectivity index (χ3v) is 2.98. The van der Waals surface area contributed by atoms with Crippen LogP contribution < -0.4 is 15.4 Å². The van der Waals surface area contributed by atoms with Gasteiger partial charge in [-0.15, -0.1) is 12.4 Å². The first-order valence-electron chi connectivity index (χ1n) is 6.50. The van der Waals surface area contributed by atoms with Crippen LogP contribution in [0.3, 0.4) is 0 Å². The lowest BCUT2D eigenvalue weighted by molar-refractivity contribution is -0.120. The molecule has 120 valence electrons. The van der Waals surface area contributed by atoms with Gasteiger partial charge >= 0.3 is 0 Å². The fourth-order valence-electron chi connectivity index (χ4n) is 1.51. The van der Waals surface area contributed by atoms with E-state index in [4.69, 9.17) is 9.47 Å². The number of amides is 1. The van der Waals surface area contributed by atoms with Gasteiger partial charge in [-0.3, -0.25) is 4.79 Å². The zero-order chi connectivity index (χ0) is 14.8. The number of rotatable bonds is 9. The fourth-order valence-corrected chi connectivity index (χ4v) is 1.89. The number of hydrogen-bond donors (Lipinski definition) is 2. The van der Waals surface area contributed by atoms with Crippen molar-refractivity contribution < 1.29 is 14.3 Å². The summed E-state index contributed by atoms with van der Waals surface area (Å²) in [6.07, 6.45) is -0.0905. The summed E-state index contributed by atoms with van der Waals surface area (Å²) in [5, 5.41) is 5.80. The molecule has 1 unspecified atom stereocenters. The first-order valence-corrected chi connectivity index (χ1v) is 7.29. The largest absolute Gasteiger partial charge is 0.489 e. The van der Waals surface area contributed by atoms with Gasteiger partial charge in [0.2, 0.25) is 5.91 Å². The van der Waals surface area contributed by atoms with E-state index in [-0.39, 0.29) is 31.0 Å². The minimum atomic E-state index is -0.0905. The maximum Gasteiger partial charge on any atom is 0.234 e. The van der Waals surface area contributed by atoms with Crippen molar-refractivity contribution in [3.05, 3.63) is 28.7 Å². The Hall–Kier alpha value is -0.820. The molecule has 21 heavy (non-hydrogen) atoms. The summed E-state index contributed by atoms with van der Waals surface area (Å²) in [5.41, 5.74) is 0. The molecule has 0 spiro atoms. The second-order valence-corrected chi connectivity index (χ2v) is 5.28. The molecule has 0 aliphatic rings. The molecular weight excluding hydrogens is 360 g/mol. The average molecular weight is 382 g/mol. The van der Waals surface area contributed by atoms with Gasteiger partial charge in [-0.05, 0) is 25.1 Å². The molecule has 1 aromatic rings. The van der Waals surface area contributed by atoms with Gasteiger partial charge in [-0.1, -0.05) is 22.0 Å². The van der Waals surface area contributed by atoms with Crippen molar-refractivity contribution in [2.75, 3.05) is 33.4 Å². The standard InChI is InChI=1S/C14H21BrN2O3.ClH/c1-11(20-13-5-3-4-12(15)8-13)9-17-14(18)10-16-6-7-19-2;/h3-5,8,11,16H,6-7,9-10H2,1-2H3,(H,17,18);1H. The monoisotopic (exact) mass is 380 g/mol. The first kappa shape index (κ1) is 20.2. The summed E-state index contributed by atoms with van der Waals surface area (Å²) in [5.74, 6) is 0.727. The van der Waals surface area contributed by atoms with E-state index in [1.165, 1.54) is 0 Å². The molecule has 1 rings (SSSR count). The molecule has 0 aliphatic heterocycles. The zero-order valence-electron chi connectivity index (χ0n) is 12.2. The molecule has 0 heterocycles. The number of halogens is 2. The van der Waals surface area contributed by atoms with Gasteiger partial charge in [0.05, 0.1) is 19.7 Å². The normalized spacial score (nSPS) is 11.4. The Balaban J connectivity index is 0.00000400. The Labute approximate surface area is 140 Å². The number of ether oxygens (including phenoxy) is 2. The van der Waals surface area contributed by atoms with Crippen LogP contribution in [-0.2, 0) is 9.53 Å². The zero-order valence-corrected chi connectivity index (χ0v) is 14.6. The van der Waals surface area contributed by atoms with Gasteiger partial charge in [-0.2, -0.15) is 0 Å². The van der Waals surface area contributed by atoms with Crippen LogP contribution in [0.25, 0.3) is 0 Å². The number of hydrogen-bond acceptors (Lipinski definition) is 4. The van der Waals surface area contributed by atoms with Crippen LogP contribution in [0.15, 0.2) is 28.7 Å². The molecule has 7 heteroatoms. The molecule has 1 atom stereocenters. The van der Waals surface area contributed by atoms with E-state index in [0.29, 0.717) is 19.7 Å². The van der Waals surface area contributed by atoms with Crippen molar-refractivity contribution in [1.29, 1.82) is 0 Å². The highest BCUT2D eigenvalue weighted by Gasteiger charge is 2.07. The van der Waals surface area contributed by atoms with E-state index in [9.17, 15) is 4.79 Å². The van der Waals surface area contributed by atoms with Crippen LogP contribution in [0.4, 0.5) is 0 Å². The van der Waals surface area contributed by atoms with E-state index < -0.39 is 0 Å². The van der Waals surface area contributed by atoms with E-state index in [1.54, 1.807) is 7.11 Å². The fraction of sp³-hybridized carbons (Fsp3) is 0.500. The third kappa shape index (κ3) is 9.68. The predicted octanol–water partition coefficient (Wildman–Crippen LogP) is 1.99. The van der Waals surface area contributed by atoms with Crippen LogP contribution in [0.5, 0.6) is 5.75 Å². The van der Waals surface area contributed by atoms with Gasteiger partial charge < -0.3 is 20.1 Å². The highest BCUT2D eigenvalue weighted by molar-refractivity contribution is 9.10. The third-order valence-electron chi connectivity index (χ3n) is 2.49. The van der Waals surface area contributed by atoms with Crippen LogP contribution in [0.2, 0.25) is 0 Å². The Morgan fingerprint density at radius 3 is 2.86 bits per heavy atom. The van der Waals surface area contributed by atoms with E-state index in [0.717, 1.165) is 10.2 Å². The molecular formula is C14H22BrClN2O3. The Morgan fingerprint density at radius 1 is 1.43 bits per heavy atom. The topological polar surface area (TPSA) is 59.6 Å². The second-order valence-electron chi connectivity index (χ2n) is 4.36. The van der Waals surface area contributed by atoms with Crippen LogP contribution >= 0.6 is 28.3 Å². The van der Waals surface area contributed by atoms with Crippen LogP contribution in [0.1, 0.15) is 6.92 Å². The maximum absolute atomic E-state index is 11.5. The lowest BCUT2D eigenvalue weighted by Gasteiger charge is -2.15. The summed E-state index contributed by atoms with van der Waals surface area (Å²) in [4.78, 5) is 11.5. The van der Waals surface area contributed by atoms with Gasteiger partial charge in [0.25, 0.3) is 0 Å². The van der Waals surface area contributed by atoms with Gasteiger partial charge in [0.1, 0.15) is 11.9 Å². The molecule has 2 N–H and O–H groups in total. The van der Waals surface area contributed by atoms with E-state index in [2.05, 4.69) is 26.6 Å². The van der Waals surface area contributed by atoms with E-state index >= 15 is 0 Å². The molecule has 0 aromatic heterocycles. The first-order chi connectivity index (χ1) is 9.61. The highest BCUT2D eigenvalue weighted by Crippen LogP contribution is 2.18. The maximum atomic E-state index is 11.5. The average Bonchev–Trinajstić information content (AvgIpc) is 2.41. The molecule has 0 fully saturated rings. The summed E-state index contributed by atoms with van der Waals surface area (Å²) in [6.45, 7) is 3.92. The van der Waals surface area contributed by atoms with Crippen LogP contribution in [0, 0.1) is 0 Å².